The zero-order chi connectivity index (χ0) is 11.7. The van der Waals surface area contributed by atoms with Gasteiger partial charge in [0.25, 0.3) is 0 Å². The quantitative estimate of drug-likeness (QED) is 0.356. The Bertz CT molecular complexity index is 234. The van der Waals surface area contributed by atoms with Crippen molar-refractivity contribution < 1.29 is 23.8 Å². The summed E-state index contributed by atoms with van der Waals surface area (Å²) in [6, 6.07) is 0. The van der Waals surface area contributed by atoms with Gasteiger partial charge in [0.2, 0.25) is 0 Å². The first kappa shape index (κ1) is 13.6. The van der Waals surface area contributed by atoms with Crippen molar-refractivity contribution in [3.8, 4) is 0 Å². The van der Waals surface area contributed by atoms with Crippen molar-refractivity contribution in [2.45, 2.75) is 13.3 Å². The Morgan fingerprint density at radius 3 is 2.47 bits per heavy atom. The van der Waals surface area contributed by atoms with Crippen LogP contribution in [-0.2, 0) is 23.8 Å². The Labute approximate surface area is 89.0 Å². The van der Waals surface area contributed by atoms with E-state index in [2.05, 4.69) is 11.3 Å². The highest BCUT2D eigenvalue weighted by atomic mass is 16.6. The van der Waals surface area contributed by atoms with Crippen LogP contribution in [0, 0.1) is 0 Å². The van der Waals surface area contributed by atoms with E-state index >= 15 is 0 Å². The van der Waals surface area contributed by atoms with Crippen molar-refractivity contribution in [2.75, 3.05) is 26.9 Å². The van der Waals surface area contributed by atoms with E-state index in [1.807, 2.05) is 6.92 Å². The zero-order valence-corrected chi connectivity index (χ0v) is 9.08. The van der Waals surface area contributed by atoms with Gasteiger partial charge < -0.3 is 14.2 Å². The Morgan fingerprint density at radius 2 is 1.93 bits per heavy atom. The van der Waals surface area contributed by atoms with Crippen LogP contribution >= 0.6 is 0 Å². The monoisotopic (exact) mass is 216 g/mol. The van der Waals surface area contributed by atoms with Gasteiger partial charge in [-0.25, -0.2) is 4.79 Å². The first-order valence-corrected chi connectivity index (χ1v) is 4.61. The van der Waals surface area contributed by atoms with Crippen molar-refractivity contribution >= 4 is 11.9 Å². The van der Waals surface area contributed by atoms with Gasteiger partial charge in [-0.05, 0) is 6.92 Å². The average molecular weight is 216 g/mol. The van der Waals surface area contributed by atoms with E-state index in [1.54, 1.807) is 0 Å². The number of hydrogen-bond donors (Lipinski definition) is 0. The molecule has 0 saturated carbocycles. The van der Waals surface area contributed by atoms with E-state index in [1.165, 1.54) is 7.11 Å². The molecule has 0 radical (unpaired) electrons. The number of carbonyl (C=O) groups excluding carboxylic acids is 2. The number of esters is 2. The Morgan fingerprint density at radius 1 is 1.27 bits per heavy atom. The number of hydrogen-bond acceptors (Lipinski definition) is 5. The zero-order valence-electron chi connectivity index (χ0n) is 9.08. The molecule has 0 unspecified atom stereocenters. The minimum Gasteiger partial charge on any atom is -0.466 e. The maximum Gasteiger partial charge on any atom is 0.333 e. The molecule has 0 fully saturated rings. The van der Waals surface area contributed by atoms with Crippen LogP contribution in [0.4, 0.5) is 0 Å². The van der Waals surface area contributed by atoms with Crippen LogP contribution in [0.5, 0.6) is 0 Å². The normalized spacial score (nSPS) is 9.47. The minimum atomic E-state index is -0.600. The molecule has 0 saturated heterocycles. The third-order valence-corrected chi connectivity index (χ3v) is 1.53. The molecule has 0 aliphatic heterocycles. The van der Waals surface area contributed by atoms with Gasteiger partial charge in [0.05, 0.1) is 20.1 Å². The standard InChI is InChI=1S/C10H16O5/c1-4-14-5-6-15-9(11)7-8(2)10(12)13-3/h2,4-7H2,1,3H3. The summed E-state index contributed by atoms with van der Waals surface area (Å²) in [5.74, 6) is -1.11. The van der Waals surface area contributed by atoms with E-state index < -0.39 is 11.9 Å². The fourth-order valence-electron chi connectivity index (χ4n) is 0.801. The number of methoxy groups -OCH3 is 1. The maximum atomic E-state index is 11.1. The van der Waals surface area contributed by atoms with Crippen LogP contribution in [0.15, 0.2) is 12.2 Å². The van der Waals surface area contributed by atoms with Gasteiger partial charge in [0, 0.05) is 12.2 Å². The molecule has 0 bridgehead atoms. The second-order valence-corrected chi connectivity index (χ2v) is 2.69. The molecule has 0 aromatic heterocycles. The Hall–Kier alpha value is -1.36. The van der Waals surface area contributed by atoms with Crippen molar-refractivity contribution in [1.82, 2.24) is 0 Å². The lowest BCUT2D eigenvalue weighted by molar-refractivity contribution is -0.146. The summed E-state index contributed by atoms with van der Waals surface area (Å²) in [6.45, 7) is 6.36. The van der Waals surface area contributed by atoms with E-state index in [0.717, 1.165) is 0 Å². The number of rotatable bonds is 7. The van der Waals surface area contributed by atoms with Gasteiger partial charge in [-0.1, -0.05) is 6.58 Å². The third kappa shape index (κ3) is 6.68. The molecule has 0 spiro atoms. The van der Waals surface area contributed by atoms with E-state index in [-0.39, 0.29) is 18.6 Å². The van der Waals surface area contributed by atoms with Gasteiger partial charge >= 0.3 is 11.9 Å². The van der Waals surface area contributed by atoms with Gasteiger partial charge in [-0.2, -0.15) is 0 Å². The molecule has 5 heteroatoms. The average Bonchev–Trinajstić information content (AvgIpc) is 2.23. The van der Waals surface area contributed by atoms with E-state index in [9.17, 15) is 9.59 Å². The smallest absolute Gasteiger partial charge is 0.333 e. The molecular weight excluding hydrogens is 200 g/mol. The van der Waals surface area contributed by atoms with Crippen molar-refractivity contribution in [3.63, 3.8) is 0 Å². The second-order valence-electron chi connectivity index (χ2n) is 2.69. The number of ether oxygens (including phenoxy) is 3. The highest BCUT2D eigenvalue weighted by Gasteiger charge is 2.12. The third-order valence-electron chi connectivity index (χ3n) is 1.53. The summed E-state index contributed by atoms with van der Waals surface area (Å²) >= 11 is 0. The summed E-state index contributed by atoms with van der Waals surface area (Å²) in [5.41, 5.74) is 0.0823. The number of carbonyl (C=O) groups is 2. The van der Waals surface area contributed by atoms with Crippen LogP contribution in [0.1, 0.15) is 13.3 Å². The molecule has 0 aromatic carbocycles. The molecule has 0 aromatic rings. The summed E-state index contributed by atoms with van der Waals surface area (Å²) in [7, 11) is 1.23. The maximum absolute atomic E-state index is 11.1. The van der Waals surface area contributed by atoms with Gasteiger partial charge in [-0.3, -0.25) is 4.79 Å². The summed E-state index contributed by atoms with van der Waals surface area (Å²) in [4.78, 5) is 22.0. The fourth-order valence-corrected chi connectivity index (χ4v) is 0.801. The van der Waals surface area contributed by atoms with Gasteiger partial charge in [-0.15, -0.1) is 0 Å². The van der Waals surface area contributed by atoms with Crippen LogP contribution in [0.3, 0.4) is 0 Å². The molecule has 0 heterocycles. The summed E-state index contributed by atoms with van der Waals surface area (Å²) in [5, 5.41) is 0. The minimum absolute atomic E-state index is 0.0823. The summed E-state index contributed by atoms with van der Waals surface area (Å²) in [6.07, 6.45) is -0.154. The molecule has 0 aliphatic carbocycles. The van der Waals surface area contributed by atoms with Gasteiger partial charge in [0.1, 0.15) is 6.61 Å². The second kappa shape index (κ2) is 7.99. The van der Waals surface area contributed by atoms with E-state index in [0.29, 0.717) is 13.2 Å². The summed E-state index contributed by atoms with van der Waals surface area (Å²) < 4.78 is 14.1. The highest BCUT2D eigenvalue weighted by Crippen LogP contribution is 2.01. The molecule has 5 nitrogen and oxygen atoms in total. The molecule has 0 amide bonds. The molecule has 0 atom stereocenters. The van der Waals surface area contributed by atoms with Crippen LogP contribution < -0.4 is 0 Å². The molecule has 15 heavy (non-hydrogen) atoms. The van der Waals surface area contributed by atoms with Crippen LogP contribution in [-0.4, -0.2) is 38.9 Å². The largest absolute Gasteiger partial charge is 0.466 e. The highest BCUT2D eigenvalue weighted by molar-refractivity contribution is 5.93. The fraction of sp³-hybridized carbons (Fsp3) is 0.600. The Kier molecular flexibility index (Phi) is 7.27. The first-order valence-electron chi connectivity index (χ1n) is 4.61. The van der Waals surface area contributed by atoms with Crippen LogP contribution in [0.2, 0.25) is 0 Å². The topological polar surface area (TPSA) is 61.8 Å². The lowest BCUT2D eigenvalue weighted by atomic mass is 10.2. The van der Waals surface area contributed by atoms with Crippen molar-refractivity contribution in [3.05, 3.63) is 12.2 Å². The lowest BCUT2D eigenvalue weighted by Gasteiger charge is -2.05. The van der Waals surface area contributed by atoms with Gasteiger partial charge in [0.15, 0.2) is 0 Å². The predicted molar refractivity (Wildman–Crippen MR) is 53.2 cm³/mol. The predicted octanol–water partition coefficient (Wildman–Crippen LogP) is 0.685. The van der Waals surface area contributed by atoms with Crippen molar-refractivity contribution in [2.24, 2.45) is 0 Å². The molecule has 0 N–H and O–H groups in total. The Balaban J connectivity index is 3.65. The molecule has 0 rings (SSSR count). The SMILES string of the molecule is C=C(CC(=O)OCCOCC)C(=O)OC. The molecular formula is C10H16O5. The molecule has 0 aliphatic rings. The van der Waals surface area contributed by atoms with Crippen LogP contribution in [0.25, 0.3) is 0 Å². The lowest BCUT2D eigenvalue weighted by Crippen LogP contribution is -2.14. The first-order chi connectivity index (χ1) is 7.11. The van der Waals surface area contributed by atoms with Crippen molar-refractivity contribution in [1.29, 1.82) is 0 Å². The molecule has 86 valence electrons. The van der Waals surface area contributed by atoms with E-state index in [4.69, 9.17) is 9.47 Å².